The van der Waals surface area contributed by atoms with Crippen molar-refractivity contribution in [2.75, 3.05) is 19.6 Å². The average molecular weight is 247 g/mol. The van der Waals surface area contributed by atoms with Gasteiger partial charge in [-0.1, -0.05) is 0 Å². The van der Waals surface area contributed by atoms with Crippen molar-refractivity contribution in [2.24, 2.45) is 11.8 Å². The molecule has 3 nitrogen and oxygen atoms in total. The highest BCUT2D eigenvalue weighted by Gasteiger charge is 2.37. The number of nitrogens with zero attached hydrogens (tertiary/aromatic N) is 2. The van der Waals surface area contributed by atoms with E-state index in [0.29, 0.717) is 6.04 Å². The van der Waals surface area contributed by atoms with Gasteiger partial charge in [0, 0.05) is 25.7 Å². The van der Waals surface area contributed by atoms with Gasteiger partial charge in [0.05, 0.1) is 6.07 Å². The van der Waals surface area contributed by atoms with E-state index in [9.17, 15) is 5.26 Å². The van der Waals surface area contributed by atoms with E-state index in [1.807, 2.05) is 0 Å². The highest BCUT2D eigenvalue weighted by atomic mass is 15.2. The van der Waals surface area contributed by atoms with E-state index < -0.39 is 0 Å². The number of nitriles is 1. The van der Waals surface area contributed by atoms with Gasteiger partial charge in [0.25, 0.3) is 0 Å². The van der Waals surface area contributed by atoms with Crippen LogP contribution < -0.4 is 5.32 Å². The molecule has 0 saturated heterocycles. The first-order valence-electron chi connectivity index (χ1n) is 7.58. The number of hydrogen-bond donors (Lipinski definition) is 1. The Balaban J connectivity index is 1.55. The van der Waals surface area contributed by atoms with Crippen molar-refractivity contribution in [3.63, 3.8) is 0 Å². The van der Waals surface area contributed by atoms with Gasteiger partial charge < -0.3 is 0 Å². The fourth-order valence-electron chi connectivity index (χ4n) is 2.77. The van der Waals surface area contributed by atoms with Crippen molar-refractivity contribution in [1.29, 1.82) is 5.26 Å². The molecular formula is C15H25N3. The Morgan fingerprint density at radius 3 is 2.06 bits per heavy atom. The molecule has 3 heteroatoms. The maximum absolute atomic E-state index is 9.47. The lowest BCUT2D eigenvalue weighted by Gasteiger charge is -2.31. The molecule has 3 rings (SSSR count). The zero-order valence-electron chi connectivity index (χ0n) is 11.5. The Morgan fingerprint density at radius 1 is 1.11 bits per heavy atom. The van der Waals surface area contributed by atoms with E-state index in [0.717, 1.165) is 18.4 Å². The van der Waals surface area contributed by atoms with Crippen LogP contribution in [0, 0.1) is 23.2 Å². The number of nitrogens with one attached hydrogen (secondary N) is 1. The molecule has 0 spiro atoms. The summed E-state index contributed by atoms with van der Waals surface area (Å²) in [6.07, 6.45) is 8.12. The number of rotatable bonds is 8. The van der Waals surface area contributed by atoms with Crippen LogP contribution in [0.15, 0.2) is 0 Å². The maximum Gasteiger partial charge on any atom is 0.116 e. The van der Waals surface area contributed by atoms with Crippen molar-refractivity contribution in [1.82, 2.24) is 10.2 Å². The van der Waals surface area contributed by atoms with E-state index in [1.54, 1.807) is 0 Å². The van der Waals surface area contributed by atoms with Crippen LogP contribution >= 0.6 is 0 Å². The SMILES string of the molecule is CC(C#N)(CN(CC1CC1)CC1CC1)NC1CC1. The molecule has 0 aliphatic heterocycles. The molecule has 0 bridgehead atoms. The summed E-state index contributed by atoms with van der Waals surface area (Å²) in [6.45, 7) is 5.44. The highest BCUT2D eigenvalue weighted by molar-refractivity contribution is 5.09. The minimum atomic E-state index is -0.342. The van der Waals surface area contributed by atoms with Gasteiger partial charge in [-0.15, -0.1) is 0 Å². The van der Waals surface area contributed by atoms with Crippen LogP contribution in [0.5, 0.6) is 0 Å². The Hall–Kier alpha value is -0.590. The molecule has 3 aliphatic carbocycles. The second-order valence-electron chi connectivity index (χ2n) is 6.94. The van der Waals surface area contributed by atoms with Gasteiger partial charge in [0.1, 0.15) is 5.54 Å². The fourth-order valence-corrected chi connectivity index (χ4v) is 2.77. The van der Waals surface area contributed by atoms with Crippen molar-refractivity contribution < 1.29 is 0 Å². The topological polar surface area (TPSA) is 39.1 Å². The van der Waals surface area contributed by atoms with Crippen molar-refractivity contribution in [3.8, 4) is 6.07 Å². The third-order valence-electron chi connectivity index (χ3n) is 4.31. The molecule has 0 amide bonds. The molecule has 3 saturated carbocycles. The minimum Gasteiger partial charge on any atom is -0.300 e. The standard InChI is InChI=1S/C15H25N3/c1-15(10-16,17-14-6-7-14)11-18(8-12-2-3-12)9-13-4-5-13/h12-14,17H,2-9,11H2,1H3. The number of hydrogen-bond acceptors (Lipinski definition) is 3. The average Bonchev–Trinajstić information content (AvgIpc) is 3.12. The lowest BCUT2D eigenvalue weighted by Crippen LogP contribution is -2.52. The van der Waals surface area contributed by atoms with E-state index in [2.05, 4.69) is 23.2 Å². The molecule has 100 valence electrons. The van der Waals surface area contributed by atoms with E-state index in [4.69, 9.17) is 0 Å². The van der Waals surface area contributed by atoms with E-state index in [1.165, 1.54) is 51.6 Å². The Labute approximate surface area is 111 Å². The molecule has 1 unspecified atom stereocenters. The molecule has 0 aromatic heterocycles. The maximum atomic E-state index is 9.47. The quantitative estimate of drug-likeness (QED) is 0.714. The predicted octanol–water partition coefficient (Wildman–Crippen LogP) is 2.14. The van der Waals surface area contributed by atoms with Gasteiger partial charge in [-0.3, -0.25) is 10.2 Å². The summed E-state index contributed by atoms with van der Waals surface area (Å²) in [4.78, 5) is 2.56. The Morgan fingerprint density at radius 2 is 1.67 bits per heavy atom. The monoisotopic (exact) mass is 247 g/mol. The second kappa shape index (κ2) is 4.83. The molecule has 0 aromatic rings. The summed E-state index contributed by atoms with van der Waals surface area (Å²) < 4.78 is 0. The first-order chi connectivity index (χ1) is 8.67. The van der Waals surface area contributed by atoms with Crippen LogP contribution in [0.2, 0.25) is 0 Å². The predicted molar refractivity (Wildman–Crippen MR) is 72.1 cm³/mol. The molecule has 0 heterocycles. The lowest BCUT2D eigenvalue weighted by atomic mass is 10.0. The van der Waals surface area contributed by atoms with Crippen LogP contribution in [0.4, 0.5) is 0 Å². The summed E-state index contributed by atoms with van der Waals surface area (Å²) in [5.41, 5.74) is -0.342. The normalized spacial score (nSPS) is 26.9. The summed E-state index contributed by atoms with van der Waals surface area (Å²) in [5, 5.41) is 13.0. The largest absolute Gasteiger partial charge is 0.300 e. The van der Waals surface area contributed by atoms with Gasteiger partial charge in [-0.25, -0.2) is 0 Å². The first kappa shape index (κ1) is 12.4. The van der Waals surface area contributed by atoms with Crippen LogP contribution in [-0.4, -0.2) is 36.1 Å². The van der Waals surface area contributed by atoms with E-state index >= 15 is 0 Å². The molecule has 18 heavy (non-hydrogen) atoms. The van der Waals surface area contributed by atoms with Crippen LogP contribution in [0.3, 0.4) is 0 Å². The van der Waals surface area contributed by atoms with Crippen molar-refractivity contribution >= 4 is 0 Å². The van der Waals surface area contributed by atoms with E-state index in [-0.39, 0.29) is 5.54 Å². The summed E-state index contributed by atoms with van der Waals surface area (Å²) in [7, 11) is 0. The molecule has 0 radical (unpaired) electrons. The summed E-state index contributed by atoms with van der Waals surface area (Å²) >= 11 is 0. The smallest absolute Gasteiger partial charge is 0.116 e. The van der Waals surface area contributed by atoms with Crippen LogP contribution in [0.1, 0.15) is 45.4 Å². The van der Waals surface area contributed by atoms with Gasteiger partial charge >= 0.3 is 0 Å². The van der Waals surface area contributed by atoms with Crippen molar-refractivity contribution in [2.45, 2.75) is 57.0 Å². The second-order valence-corrected chi connectivity index (χ2v) is 6.94. The lowest BCUT2D eigenvalue weighted by molar-refractivity contribution is 0.203. The molecule has 1 atom stereocenters. The third-order valence-corrected chi connectivity index (χ3v) is 4.31. The van der Waals surface area contributed by atoms with Crippen LogP contribution in [0.25, 0.3) is 0 Å². The zero-order valence-corrected chi connectivity index (χ0v) is 11.5. The molecule has 1 N–H and O–H groups in total. The zero-order chi connectivity index (χ0) is 12.6. The molecular weight excluding hydrogens is 222 g/mol. The molecule has 0 aromatic carbocycles. The Bertz CT molecular complexity index is 322. The molecule has 3 aliphatic rings. The first-order valence-corrected chi connectivity index (χ1v) is 7.58. The van der Waals surface area contributed by atoms with Crippen LogP contribution in [-0.2, 0) is 0 Å². The summed E-state index contributed by atoms with van der Waals surface area (Å²) in [6, 6.07) is 3.12. The summed E-state index contributed by atoms with van der Waals surface area (Å²) in [5.74, 6) is 1.85. The van der Waals surface area contributed by atoms with Gasteiger partial charge in [-0.2, -0.15) is 5.26 Å². The van der Waals surface area contributed by atoms with Gasteiger partial charge in [-0.05, 0) is 57.3 Å². The third kappa shape index (κ3) is 3.70. The molecule has 3 fully saturated rings. The van der Waals surface area contributed by atoms with Gasteiger partial charge in [0.15, 0.2) is 0 Å². The van der Waals surface area contributed by atoms with Crippen molar-refractivity contribution in [3.05, 3.63) is 0 Å². The highest BCUT2D eigenvalue weighted by Crippen LogP contribution is 2.34. The Kier molecular flexibility index (Phi) is 3.34. The van der Waals surface area contributed by atoms with Gasteiger partial charge in [0.2, 0.25) is 0 Å². The fraction of sp³-hybridized carbons (Fsp3) is 0.933. The minimum absolute atomic E-state index is 0.342.